The van der Waals surface area contributed by atoms with E-state index >= 15 is 0 Å². The molecule has 0 atom stereocenters. The summed E-state index contributed by atoms with van der Waals surface area (Å²) in [6.07, 6.45) is 0.895. The lowest BCUT2D eigenvalue weighted by Gasteiger charge is -2.14. The van der Waals surface area contributed by atoms with E-state index in [2.05, 4.69) is 29.9 Å². The molecule has 0 aliphatic carbocycles. The first-order valence-corrected chi connectivity index (χ1v) is 8.13. The van der Waals surface area contributed by atoms with Crippen molar-refractivity contribution in [2.75, 3.05) is 20.1 Å². The minimum absolute atomic E-state index is 0.114. The molecule has 0 unspecified atom stereocenters. The molecule has 2 aromatic carbocycles. The highest BCUT2D eigenvalue weighted by atomic mass is 16.6. The first-order valence-electron chi connectivity index (χ1n) is 8.13. The number of nitro groups is 1. The van der Waals surface area contributed by atoms with E-state index < -0.39 is 0 Å². The third kappa shape index (κ3) is 3.16. The minimum atomic E-state index is -0.351. The lowest BCUT2D eigenvalue weighted by atomic mass is 10.0. The number of nitro benzene ring substituents is 1. The topological polar surface area (TPSA) is 62.2 Å². The van der Waals surface area contributed by atoms with E-state index in [1.54, 1.807) is 12.1 Å². The van der Waals surface area contributed by atoms with Gasteiger partial charge in [0.2, 0.25) is 0 Å². The van der Waals surface area contributed by atoms with E-state index in [9.17, 15) is 10.1 Å². The van der Waals surface area contributed by atoms with Gasteiger partial charge in [-0.05, 0) is 31.6 Å². The van der Waals surface area contributed by atoms with Gasteiger partial charge >= 0.3 is 0 Å². The smallest absolute Gasteiger partial charge is 0.270 e. The Morgan fingerprint density at radius 3 is 2.71 bits per heavy atom. The molecule has 0 spiro atoms. The Labute approximate surface area is 141 Å². The molecule has 24 heavy (non-hydrogen) atoms. The van der Waals surface area contributed by atoms with Gasteiger partial charge in [-0.15, -0.1) is 0 Å². The Balaban J connectivity index is 2.09. The molecule has 0 fully saturated rings. The molecule has 1 aromatic heterocycles. The Morgan fingerprint density at radius 2 is 1.96 bits per heavy atom. The van der Waals surface area contributed by atoms with Crippen molar-refractivity contribution in [1.82, 2.24) is 9.88 Å². The predicted molar refractivity (Wildman–Crippen MR) is 97.3 cm³/mol. The van der Waals surface area contributed by atoms with Gasteiger partial charge in [0.1, 0.15) is 0 Å². The zero-order chi connectivity index (χ0) is 17.1. The summed E-state index contributed by atoms with van der Waals surface area (Å²) in [6, 6.07) is 15.0. The highest BCUT2D eigenvalue weighted by Gasteiger charge is 2.15. The van der Waals surface area contributed by atoms with Crippen LogP contribution in [0, 0.1) is 10.1 Å². The van der Waals surface area contributed by atoms with Crippen molar-refractivity contribution in [2.24, 2.45) is 0 Å². The maximum absolute atomic E-state index is 11.1. The second-order valence-electron chi connectivity index (χ2n) is 5.98. The average molecular weight is 323 g/mol. The van der Waals surface area contributed by atoms with Crippen molar-refractivity contribution >= 4 is 16.6 Å². The Morgan fingerprint density at radius 1 is 1.17 bits per heavy atom. The van der Waals surface area contributed by atoms with Gasteiger partial charge in [-0.2, -0.15) is 0 Å². The summed E-state index contributed by atoms with van der Waals surface area (Å²) in [5.74, 6) is 0. The van der Waals surface area contributed by atoms with Crippen molar-refractivity contribution in [2.45, 2.75) is 13.3 Å². The zero-order valence-electron chi connectivity index (χ0n) is 14.0. The molecule has 1 heterocycles. The third-order valence-electron chi connectivity index (χ3n) is 4.44. The number of aromatic amines is 1. The van der Waals surface area contributed by atoms with Crippen LogP contribution in [0.1, 0.15) is 12.5 Å². The van der Waals surface area contributed by atoms with Crippen molar-refractivity contribution in [1.29, 1.82) is 0 Å². The van der Waals surface area contributed by atoms with Crippen molar-refractivity contribution in [3.63, 3.8) is 0 Å². The average Bonchev–Trinajstić information content (AvgIpc) is 2.98. The van der Waals surface area contributed by atoms with E-state index in [4.69, 9.17) is 0 Å². The standard InChI is InChI=1S/C19H21N3O2/c1-3-21(2)12-11-17-16-9-4-5-10-18(16)20-19(17)14-7-6-8-15(13-14)22(23)24/h4-10,13,20H,3,11-12H2,1-2H3. The second-order valence-corrected chi connectivity index (χ2v) is 5.98. The fourth-order valence-corrected chi connectivity index (χ4v) is 2.94. The molecule has 3 aromatic rings. The summed E-state index contributed by atoms with van der Waals surface area (Å²) in [5.41, 5.74) is 4.22. The largest absolute Gasteiger partial charge is 0.354 e. The normalized spacial score (nSPS) is 11.3. The maximum atomic E-state index is 11.1. The van der Waals surface area contributed by atoms with Crippen LogP contribution in [0.3, 0.4) is 0 Å². The lowest BCUT2D eigenvalue weighted by molar-refractivity contribution is -0.384. The summed E-state index contributed by atoms with van der Waals surface area (Å²) in [4.78, 5) is 16.4. The van der Waals surface area contributed by atoms with Crippen molar-refractivity contribution < 1.29 is 4.92 Å². The molecule has 0 amide bonds. The molecule has 124 valence electrons. The molecule has 5 heteroatoms. The van der Waals surface area contributed by atoms with Crippen molar-refractivity contribution in [3.05, 3.63) is 64.2 Å². The second kappa shape index (κ2) is 6.84. The van der Waals surface area contributed by atoms with Crippen LogP contribution in [0.25, 0.3) is 22.2 Å². The van der Waals surface area contributed by atoms with E-state index in [1.807, 2.05) is 24.3 Å². The number of hydrogen-bond acceptors (Lipinski definition) is 3. The van der Waals surface area contributed by atoms with Crippen LogP contribution < -0.4 is 0 Å². The number of likely N-dealkylation sites (N-methyl/N-ethyl adjacent to an activating group) is 1. The van der Waals surface area contributed by atoms with E-state index in [0.717, 1.165) is 36.3 Å². The fraction of sp³-hybridized carbons (Fsp3) is 0.263. The van der Waals surface area contributed by atoms with Gasteiger partial charge in [0.15, 0.2) is 0 Å². The van der Waals surface area contributed by atoms with Gasteiger partial charge in [-0.1, -0.05) is 37.3 Å². The molecule has 5 nitrogen and oxygen atoms in total. The van der Waals surface area contributed by atoms with Crippen LogP contribution >= 0.6 is 0 Å². The summed E-state index contributed by atoms with van der Waals surface area (Å²) >= 11 is 0. The number of H-pyrrole nitrogens is 1. The SMILES string of the molecule is CCN(C)CCc1c(-c2cccc([N+](=O)[O-])c2)[nH]c2ccccc12. The van der Waals surface area contributed by atoms with Crippen molar-refractivity contribution in [3.8, 4) is 11.3 Å². The Bertz CT molecular complexity index is 870. The molecular formula is C19H21N3O2. The number of benzene rings is 2. The number of nitrogens with zero attached hydrogens (tertiary/aromatic N) is 2. The highest BCUT2D eigenvalue weighted by Crippen LogP contribution is 2.32. The monoisotopic (exact) mass is 323 g/mol. The van der Waals surface area contributed by atoms with Gasteiger partial charge < -0.3 is 9.88 Å². The molecule has 0 aliphatic rings. The molecule has 3 rings (SSSR count). The number of para-hydroxylation sites is 1. The number of aromatic nitrogens is 1. The summed E-state index contributed by atoms with van der Waals surface area (Å²) in [7, 11) is 2.10. The van der Waals surface area contributed by atoms with Crippen LogP contribution in [-0.2, 0) is 6.42 Å². The molecule has 0 saturated heterocycles. The summed E-state index contributed by atoms with van der Waals surface area (Å²) < 4.78 is 0. The van der Waals surface area contributed by atoms with Gasteiger partial charge in [0.25, 0.3) is 5.69 Å². The molecule has 1 N–H and O–H groups in total. The van der Waals surface area contributed by atoms with Gasteiger partial charge in [-0.3, -0.25) is 10.1 Å². The molecular weight excluding hydrogens is 302 g/mol. The first kappa shape index (κ1) is 16.2. The number of non-ortho nitro benzene ring substituents is 1. The summed E-state index contributed by atoms with van der Waals surface area (Å²) in [6.45, 7) is 4.07. The summed E-state index contributed by atoms with van der Waals surface area (Å²) in [5, 5.41) is 12.3. The highest BCUT2D eigenvalue weighted by molar-refractivity contribution is 5.91. The molecule has 0 radical (unpaired) electrons. The van der Waals surface area contributed by atoms with Gasteiger partial charge in [0, 0.05) is 40.8 Å². The first-order chi connectivity index (χ1) is 11.6. The number of fused-ring (bicyclic) bond motifs is 1. The van der Waals surface area contributed by atoms with Crippen LogP contribution in [-0.4, -0.2) is 34.9 Å². The van der Waals surface area contributed by atoms with Gasteiger partial charge in [-0.25, -0.2) is 0 Å². The molecule has 0 bridgehead atoms. The lowest BCUT2D eigenvalue weighted by Crippen LogP contribution is -2.20. The Hall–Kier alpha value is -2.66. The zero-order valence-corrected chi connectivity index (χ0v) is 14.0. The van der Waals surface area contributed by atoms with E-state index in [0.29, 0.717) is 0 Å². The van der Waals surface area contributed by atoms with Crippen LogP contribution in [0.15, 0.2) is 48.5 Å². The maximum Gasteiger partial charge on any atom is 0.270 e. The van der Waals surface area contributed by atoms with Crippen LogP contribution in [0.2, 0.25) is 0 Å². The predicted octanol–water partition coefficient (Wildman–Crippen LogP) is 4.24. The molecule has 0 aliphatic heterocycles. The Kier molecular flexibility index (Phi) is 4.62. The quantitative estimate of drug-likeness (QED) is 0.545. The number of rotatable bonds is 6. The van der Waals surface area contributed by atoms with E-state index in [-0.39, 0.29) is 10.6 Å². The van der Waals surface area contributed by atoms with E-state index in [1.165, 1.54) is 17.0 Å². The van der Waals surface area contributed by atoms with Crippen LogP contribution in [0.5, 0.6) is 0 Å². The van der Waals surface area contributed by atoms with Crippen LogP contribution in [0.4, 0.5) is 5.69 Å². The minimum Gasteiger partial charge on any atom is -0.354 e. The van der Waals surface area contributed by atoms with Gasteiger partial charge in [0.05, 0.1) is 4.92 Å². The number of hydrogen-bond donors (Lipinski definition) is 1. The third-order valence-corrected chi connectivity index (χ3v) is 4.44. The molecule has 0 saturated carbocycles. The fourth-order valence-electron chi connectivity index (χ4n) is 2.94. The number of nitrogens with one attached hydrogen (secondary N) is 1.